The molecule has 0 amide bonds. The van der Waals surface area contributed by atoms with Crippen LogP contribution < -0.4 is 5.32 Å². The van der Waals surface area contributed by atoms with Gasteiger partial charge in [-0.3, -0.25) is 4.90 Å². The maximum atomic E-state index is 5.19. The van der Waals surface area contributed by atoms with Crippen molar-refractivity contribution >= 4 is 0 Å². The fourth-order valence-corrected chi connectivity index (χ4v) is 2.14. The van der Waals surface area contributed by atoms with E-state index >= 15 is 0 Å². The van der Waals surface area contributed by atoms with E-state index in [4.69, 9.17) is 4.74 Å². The van der Waals surface area contributed by atoms with Crippen LogP contribution in [0.2, 0.25) is 0 Å². The summed E-state index contributed by atoms with van der Waals surface area (Å²) in [6, 6.07) is 0.639. The maximum Gasteiger partial charge on any atom is 0.0589 e. The lowest BCUT2D eigenvalue weighted by atomic mass is 10.2. The second-order valence-corrected chi connectivity index (χ2v) is 5.06. The summed E-state index contributed by atoms with van der Waals surface area (Å²) >= 11 is 0. The van der Waals surface area contributed by atoms with Gasteiger partial charge in [0.05, 0.1) is 6.61 Å². The van der Waals surface area contributed by atoms with Crippen molar-refractivity contribution < 1.29 is 4.74 Å². The third-order valence-corrected chi connectivity index (χ3v) is 3.87. The molecule has 0 fully saturated rings. The molecule has 1 N–H and O–H groups in total. The topological polar surface area (TPSA) is 27.7 Å². The van der Waals surface area contributed by atoms with Crippen LogP contribution in [0.15, 0.2) is 0 Å². The summed E-state index contributed by atoms with van der Waals surface area (Å²) in [5.74, 6) is 0. The summed E-state index contributed by atoms with van der Waals surface area (Å²) in [4.78, 5) is 4.96. The average Bonchev–Trinajstić information content (AvgIpc) is 2.45. The Morgan fingerprint density at radius 2 is 1.63 bits per heavy atom. The van der Waals surface area contributed by atoms with Gasteiger partial charge in [-0.1, -0.05) is 20.8 Å². The zero-order valence-electron chi connectivity index (χ0n) is 13.7. The second-order valence-electron chi connectivity index (χ2n) is 5.06. The average molecular weight is 273 g/mol. The summed E-state index contributed by atoms with van der Waals surface area (Å²) in [6.07, 6.45) is 1.20. The van der Waals surface area contributed by atoms with E-state index in [1.54, 1.807) is 7.11 Å². The highest BCUT2D eigenvalue weighted by molar-refractivity contribution is 4.67. The minimum atomic E-state index is 0.639. The molecule has 0 saturated carbocycles. The first-order valence-corrected chi connectivity index (χ1v) is 7.85. The highest BCUT2D eigenvalue weighted by Gasteiger charge is 2.10. The molecular formula is C15H35N3O. The molecule has 0 radical (unpaired) electrons. The molecule has 0 aromatic rings. The van der Waals surface area contributed by atoms with Crippen molar-refractivity contribution in [2.24, 2.45) is 0 Å². The van der Waals surface area contributed by atoms with E-state index in [2.05, 4.69) is 42.8 Å². The molecule has 0 heterocycles. The number of rotatable bonds is 13. The molecule has 1 unspecified atom stereocenters. The van der Waals surface area contributed by atoms with Crippen molar-refractivity contribution in [1.82, 2.24) is 15.1 Å². The molecule has 0 spiro atoms. The second kappa shape index (κ2) is 12.9. The Morgan fingerprint density at radius 1 is 1.00 bits per heavy atom. The predicted octanol–water partition coefficient (Wildman–Crippen LogP) is 1.66. The van der Waals surface area contributed by atoms with E-state index in [9.17, 15) is 0 Å². The normalized spacial score (nSPS) is 13.4. The fourth-order valence-electron chi connectivity index (χ4n) is 2.14. The molecule has 4 heteroatoms. The lowest BCUT2D eigenvalue weighted by Crippen LogP contribution is -2.41. The van der Waals surface area contributed by atoms with Gasteiger partial charge in [0.25, 0.3) is 0 Å². The number of hydrogen-bond acceptors (Lipinski definition) is 4. The molecule has 0 saturated heterocycles. The van der Waals surface area contributed by atoms with Crippen LogP contribution in [0.25, 0.3) is 0 Å². The molecule has 4 nitrogen and oxygen atoms in total. The van der Waals surface area contributed by atoms with Crippen LogP contribution in [-0.2, 0) is 4.74 Å². The third kappa shape index (κ3) is 9.38. The monoisotopic (exact) mass is 273 g/mol. The minimum absolute atomic E-state index is 0.639. The molecule has 0 aromatic heterocycles. The van der Waals surface area contributed by atoms with Crippen LogP contribution in [0.1, 0.15) is 34.1 Å². The Labute approximate surface area is 120 Å². The molecule has 116 valence electrons. The summed E-state index contributed by atoms with van der Waals surface area (Å²) in [5.41, 5.74) is 0. The lowest BCUT2D eigenvalue weighted by Gasteiger charge is -2.28. The fraction of sp³-hybridized carbons (Fsp3) is 1.00. The summed E-state index contributed by atoms with van der Waals surface area (Å²) in [7, 11) is 1.77. The number of hydrogen-bond donors (Lipinski definition) is 1. The zero-order valence-corrected chi connectivity index (χ0v) is 13.7. The van der Waals surface area contributed by atoms with E-state index in [-0.39, 0.29) is 0 Å². The van der Waals surface area contributed by atoms with Crippen molar-refractivity contribution in [3.8, 4) is 0 Å². The van der Waals surface area contributed by atoms with Crippen LogP contribution in [-0.4, -0.2) is 75.4 Å². The number of methoxy groups -OCH3 is 1. The van der Waals surface area contributed by atoms with Gasteiger partial charge in [-0.25, -0.2) is 0 Å². The van der Waals surface area contributed by atoms with E-state index in [0.29, 0.717) is 6.04 Å². The molecule has 0 aliphatic heterocycles. The molecule has 0 aromatic carbocycles. The standard InChI is InChI=1S/C15H35N3O/c1-6-15(4)18(13-14-19-5)12-10-16-9-11-17(7-2)8-3/h15-16H,6-14H2,1-5H3. The number of nitrogens with zero attached hydrogens (tertiary/aromatic N) is 2. The van der Waals surface area contributed by atoms with Crippen molar-refractivity contribution in [2.45, 2.75) is 40.2 Å². The maximum absolute atomic E-state index is 5.19. The Balaban J connectivity index is 3.73. The van der Waals surface area contributed by atoms with Crippen molar-refractivity contribution in [1.29, 1.82) is 0 Å². The van der Waals surface area contributed by atoms with Crippen LogP contribution in [0, 0.1) is 0 Å². The van der Waals surface area contributed by atoms with Gasteiger partial charge in [-0.15, -0.1) is 0 Å². The van der Waals surface area contributed by atoms with E-state index in [0.717, 1.165) is 52.4 Å². The Morgan fingerprint density at radius 3 is 2.16 bits per heavy atom. The number of likely N-dealkylation sites (N-methyl/N-ethyl adjacent to an activating group) is 1. The summed E-state index contributed by atoms with van der Waals surface area (Å²) in [5, 5.41) is 3.55. The summed E-state index contributed by atoms with van der Waals surface area (Å²) in [6.45, 7) is 17.5. The predicted molar refractivity (Wildman–Crippen MR) is 83.9 cm³/mol. The van der Waals surface area contributed by atoms with Crippen LogP contribution >= 0.6 is 0 Å². The molecule has 0 bridgehead atoms. The smallest absolute Gasteiger partial charge is 0.0589 e. The Bertz CT molecular complexity index is 186. The zero-order chi connectivity index (χ0) is 14.5. The van der Waals surface area contributed by atoms with E-state index < -0.39 is 0 Å². The Kier molecular flexibility index (Phi) is 12.7. The molecule has 0 aliphatic rings. The lowest BCUT2D eigenvalue weighted by molar-refractivity contribution is 0.123. The molecule has 0 aliphatic carbocycles. The molecule has 0 rings (SSSR count). The van der Waals surface area contributed by atoms with Crippen molar-refractivity contribution in [2.75, 3.05) is 59.5 Å². The van der Waals surface area contributed by atoms with E-state index in [1.807, 2.05) is 0 Å². The Hall–Kier alpha value is -0.160. The van der Waals surface area contributed by atoms with Crippen molar-refractivity contribution in [3.05, 3.63) is 0 Å². The van der Waals surface area contributed by atoms with Gasteiger partial charge < -0.3 is 15.0 Å². The number of ether oxygens (including phenoxy) is 1. The van der Waals surface area contributed by atoms with Crippen LogP contribution in [0.4, 0.5) is 0 Å². The SMILES string of the molecule is CCC(C)N(CCNCCN(CC)CC)CCOC. The van der Waals surface area contributed by atoms with Gasteiger partial charge in [0.2, 0.25) is 0 Å². The van der Waals surface area contributed by atoms with Gasteiger partial charge >= 0.3 is 0 Å². The third-order valence-electron chi connectivity index (χ3n) is 3.87. The highest BCUT2D eigenvalue weighted by atomic mass is 16.5. The first kappa shape index (κ1) is 18.8. The minimum Gasteiger partial charge on any atom is -0.383 e. The van der Waals surface area contributed by atoms with Gasteiger partial charge in [0.1, 0.15) is 0 Å². The van der Waals surface area contributed by atoms with Crippen LogP contribution in [0.3, 0.4) is 0 Å². The number of nitrogens with one attached hydrogen (secondary N) is 1. The van der Waals surface area contributed by atoms with Crippen molar-refractivity contribution in [3.63, 3.8) is 0 Å². The van der Waals surface area contributed by atoms with Gasteiger partial charge in [-0.05, 0) is 26.4 Å². The first-order chi connectivity index (χ1) is 9.19. The van der Waals surface area contributed by atoms with E-state index in [1.165, 1.54) is 6.42 Å². The van der Waals surface area contributed by atoms with Gasteiger partial charge in [0, 0.05) is 45.9 Å². The first-order valence-electron chi connectivity index (χ1n) is 7.85. The largest absolute Gasteiger partial charge is 0.383 e. The quantitative estimate of drug-likeness (QED) is 0.517. The molecular weight excluding hydrogens is 238 g/mol. The molecule has 19 heavy (non-hydrogen) atoms. The highest BCUT2D eigenvalue weighted by Crippen LogP contribution is 2.02. The van der Waals surface area contributed by atoms with Gasteiger partial charge in [0.15, 0.2) is 0 Å². The van der Waals surface area contributed by atoms with Crippen LogP contribution in [0.5, 0.6) is 0 Å². The summed E-state index contributed by atoms with van der Waals surface area (Å²) < 4.78 is 5.19. The molecule has 1 atom stereocenters. The van der Waals surface area contributed by atoms with Gasteiger partial charge in [-0.2, -0.15) is 0 Å².